The Balaban J connectivity index is 1.65. The van der Waals surface area contributed by atoms with Crippen LogP contribution >= 0.6 is 0 Å². The highest BCUT2D eigenvalue weighted by molar-refractivity contribution is 5.52. The van der Waals surface area contributed by atoms with Gasteiger partial charge in [-0.1, -0.05) is 12.1 Å². The Labute approximate surface area is 118 Å². The number of hydrogen-bond acceptors (Lipinski definition) is 2. The van der Waals surface area contributed by atoms with Gasteiger partial charge >= 0.3 is 0 Å². The molecule has 1 aliphatic rings. The molecule has 0 aromatic heterocycles. The minimum absolute atomic E-state index is 0.0618. The second-order valence-electron chi connectivity index (χ2n) is 5.40. The summed E-state index contributed by atoms with van der Waals surface area (Å²) in [5.74, 6) is 0.606. The van der Waals surface area contributed by atoms with Crippen molar-refractivity contribution in [1.82, 2.24) is 0 Å². The molecule has 1 N–H and O–H groups in total. The van der Waals surface area contributed by atoms with Gasteiger partial charge in [0.05, 0.1) is 6.54 Å². The summed E-state index contributed by atoms with van der Waals surface area (Å²) in [4.78, 5) is 0. The van der Waals surface area contributed by atoms with E-state index in [0.29, 0.717) is 0 Å². The zero-order valence-electron chi connectivity index (χ0n) is 11.7. The highest BCUT2D eigenvalue weighted by Crippen LogP contribution is 2.29. The van der Waals surface area contributed by atoms with Crippen molar-refractivity contribution in [2.75, 3.05) is 11.9 Å². The van der Waals surface area contributed by atoms with Crippen LogP contribution in [0.15, 0.2) is 36.4 Å². The Morgan fingerprint density at radius 2 is 2.05 bits per heavy atom. The van der Waals surface area contributed by atoms with Crippen molar-refractivity contribution < 1.29 is 9.13 Å². The van der Waals surface area contributed by atoms with Crippen LogP contribution in [0, 0.1) is 19.7 Å². The van der Waals surface area contributed by atoms with Crippen LogP contribution < -0.4 is 10.1 Å². The van der Waals surface area contributed by atoms with Crippen LogP contribution in [-0.4, -0.2) is 12.6 Å². The molecule has 3 heteroatoms. The van der Waals surface area contributed by atoms with E-state index < -0.39 is 0 Å². The largest absolute Gasteiger partial charge is 0.488 e. The molecular formula is C17H18FNO. The third-order valence-electron chi connectivity index (χ3n) is 3.68. The van der Waals surface area contributed by atoms with Crippen LogP contribution in [0.2, 0.25) is 0 Å². The van der Waals surface area contributed by atoms with Crippen LogP contribution in [0.5, 0.6) is 5.75 Å². The smallest absolute Gasteiger partial charge is 0.123 e. The number of aryl methyl sites for hydroxylation is 2. The van der Waals surface area contributed by atoms with E-state index in [1.807, 2.05) is 0 Å². The van der Waals surface area contributed by atoms with E-state index in [-0.39, 0.29) is 11.9 Å². The van der Waals surface area contributed by atoms with E-state index in [0.717, 1.165) is 30.0 Å². The molecule has 3 rings (SSSR count). The van der Waals surface area contributed by atoms with Gasteiger partial charge in [0.15, 0.2) is 0 Å². The summed E-state index contributed by atoms with van der Waals surface area (Å²) in [6.45, 7) is 4.89. The minimum Gasteiger partial charge on any atom is -0.488 e. The molecule has 1 aliphatic heterocycles. The van der Waals surface area contributed by atoms with Crippen molar-refractivity contribution in [2.24, 2.45) is 0 Å². The Morgan fingerprint density at radius 1 is 1.20 bits per heavy atom. The van der Waals surface area contributed by atoms with Gasteiger partial charge in [-0.15, -0.1) is 0 Å². The highest BCUT2D eigenvalue weighted by atomic mass is 19.1. The van der Waals surface area contributed by atoms with Gasteiger partial charge in [-0.2, -0.15) is 0 Å². The molecule has 0 aliphatic carbocycles. The van der Waals surface area contributed by atoms with Crippen LogP contribution in [0.1, 0.15) is 16.7 Å². The lowest BCUT2D eigenvalue weighted by Gasteiger charge is -2.15. The average Bonchev–Trinajstić information content (AvgIpc) is 2.81. The van der Waals surface area contributed by atoms with Gasteiger partial charge in [0.25, 0.3) is 0 Å². The first kappa shape index (κ1) is 13.0. The molecule has 2 aromatic rings. The maximum atomic E-state index is 13.2. The van der Waals surface area contributed by atoms with Crippen LogP contribution in [0.25, 0.3) is 0 Å². The number of fused-ring (bicyclic) bond motifs is 1. The van der Waals surface area contributed by atoms with E-state index in [4.69, 9.17) is 4.74 Å². The van der Waals surface area contributed by atoms with Crippen molar-refractivity contribution in [1.29, 1.82) is 0 Å². The standard InChI is InChI=1S/C17H18FNO/c1-11-3-4-12(2)16(7-11)19-10-15-9-13-8-14(18)5-6-17(13)20-15/h3-8,15,19H,9-10H2,1-2H3. The summed E-state index contributed by atoms with van der Waals surface area (Å²) in [5, 5.41) is 3.43. The van der Waals surface area contributed by atoms with Gasteiger partial charge in [0.2, 0.25) is 0 Å². The van der Waals surface area contributed by atoms with E-state index in [9.17, 15) is 4.39 Å². The summed E-state index contributed by atoms with van der Waals surface area (Å²) in [6, 6.07) is 11.1. The second-order valence-corrected chi connectivity index (χ2v) is 5.40. The quantitative estimate of drug-likeness (QED) is 0.915. The summed E-state index contributed by atoms with van der Waals surface area (Å²) in [7, 11) is 0. The monoisotopic (exact) mass is 271 g/mol. The Bertz CT molecular complexity index is 639. The molecule has 1 atom stereocenters. The maximum Gasteiger partial charge on any atom is 0.123 e. The van der Waals surface area contributed by atoms with Crippen molar-refractivity contribution in [3.8, 4) is 5.75 Å². The highest BCUT2D eigenvalue weighted by Gasteiger charge is 2.23. The molecule has 0 saturated heterocycles. The normalized spacial score (nSPS) is 16.6. The third kappa shape index (κ3) is 2.62. The molecule has 2 nitrogen and oxygen atoms in total. The molecule has 0 saturated carbocycles. The molecule has 20 heavy (non-hydrogen) atoms. The minimum atomic E-state index is -0.199. The number of anilines is 1. The predicted molar refractivity (Wildman–Crippen MR) is 78.9 cm³/mol. The number of benzene rings is 2. The second kappa shape index (κ2) is 5.16. The first-order valence-electron chi connectivity index (χ1n) is 6.88. The van der Waals surface area contributed by atoms with Gasteiger partial charge in [0.1, 0.15) is 17.7 Å². The van der Waals surface area contributed by atoms with Crippen LogP contribution in [-0.2, 0) is 6.42 Å². The van der Waals surface area contributed by atoms with Gasteiger partial charge in [-0.25, -0.2) is 4.39 Å². The maximum absolute atomic E-state index is 13.2. The van der Waals surface area contributed by atoms with E-state index in [1.54, 1.807) is 12.1 Å². The average molecular weight is 271 g/mol. The fraction of sp³-hybridized carbons (Fsp3) is 0.294. The van der Waals surface area contributed by atoms with E-state index in [2.05, 4.69) is 37.4 Å². The summed E-state index contributed by atoms with van der Waals surface area (Å²) in [5.41, 5.74) is 4.54. The topological polar surface area (TPSA) is 21.3 Å². The van der Waals surface area contributed by atoms with E-state index in [1.165, 1.54) is 17.2 Å². The molecule has 1 heterocycles. The Morgan fingerprint density at radius 3 is 2.90 bits per heavy atom. The van der Waals surface area contributed by atoms with Crippen molar-refractivity contribution in [3.63, 3.8) is 0 Å². The number of nitrogens with one attached hydrogen (secondary N) is 1. The first-order valence-corrected chi connectivity index (χ1v) is 6.88. The molecular weight excluding hydrogens is 253 g/mol. The number of rotatable bonds is 3. The number of hydrogen-bond donors (Lipinski definition) is 1. The lowest BCUT2D eigenvalue weighted by molar-refractivity contribution is 0.246. The zero-order chi connectivity index (χ0) is 14.1. The van der Waals surface area contributed by atoms with Gasteiger partial charge in [-0.3, -0.25) is 0 Å². The molecule has 0 radical (unpaired) electrons. The Hall–Kier alpha value is -2.03. The fourth-order valence-corrected chi connectivity index (χ4v) is 2.55. The van der Waals surface area contributed by atoms with Crippen LogP contribution in [0.3, 0.4) is 0 Å². The van der Waals surface area contributed by atoms with Gasteiger partial charge < -0.3 is 10.1 Å². The molecule has 1 unspecified atom stereocenters. The molecule has 0 spiro atoms. The number of ether oxygens (including phenoxy) is 1. The van der Waals surface area contributed by atoms with Crippen LogP contribution in [0.4, 0.5) is 10.1 Å². The molecule has 0 fully saturated rings. The summed E-state index contributed by atoms with van der Waals surface area (Å²) < 4.78 is 19.0. The molecule has 0 bridgehead atoms. The SMILES string of the molecule is Cc1ccc(C)c(NCC2Cc3cc(F)ccc3O2)c1. The summed E-state index contributed by atoms with van der Waals surface area (Å²) in [6.07, 6.45) is 0.817. The third-order valence-corrected chi connectivity index (χ3v) is 3.68. The lowest BCUT2D eigenvalue weighted by Crippen LogP contribution is -2.24. The Kier molecular flexibility index (Phi) is 3.35. The van der Waals surface area contributed by atoms with Crippen molar-refractivity contribution in [2.45, 2.75) is 26.4 Å². The molecule has 0 amide bonds. The fourth-order valence-electron chi connectivity index (χ4n) is 2.55. The predicted octanol–water partition coefficient (Wildman–Crippen LogP) is 3.86. The van der Waals surface area contributed by atoms with Crippen molar-refractivity contribution in [3.05, 3.63) is 58.9 Å². The number of halogens is 1. The lowest BCUT2D eigenvalue weighted by atomic mass is 10.1. The zero-order valence-corrected chi connectivity index (χ0v) is 11.7. The molecule has 2 aromatic carbocycles. The van der Waals surface area contributed by atoms with E-state index >= 15 is 0 Å². The first-order chi connectivity index (χ1) is 9.61. The van der Waals surface area contributed by atoms with Gasteiger partial charge in [0, 0.05) is 17.7 Å². The van der Waals surface area contributed by atoms with Gasteiger partial charge in [-0.05, 0) is 49.2 Å². The molecule has 104 valence electrons. The summed E-state index contributed by atoms with van der Waals surface area (Å²) >= 11 is 0. The van der Waals surface area contributed by atoms with Crippen molar-refractivity contribution >= 4 is 5.69 Å².